The van der Waals surface area contributed by atoms with Gasteiger partial charge in [-0.25, -0.2) is 0 Å². The number of carbonyl (C=O) groups excluding carboxylic acids is 1. The Morgan fingerprint density at radius 1 is 1.43 bits per heavy atom. The molecule has 0 fully saturated rings. The quantitative estimate of drug-likeness (QED) is 0.750. The number of esters is 1. The van der Waals surface area contributed by atoms with Crippen molar-refractivity contribution >= 4 is 5.97 Å². The Labute approximate surface area is 123 Å². The third kappa shape index (κ3) is 5.30. The van der Waals surface area contributed by atoms with Crippen molar-refractivity contribution in [2.24, 2.45) is 0 Å². The number of ether oxygens (including phenoxy) is 2. The third-order valence-corrected chi connectivity index (χ3v) is 3.19. The maximum atomic E-state index is 12.3. The van der Waals surface area contributed by atoms with Crippen LogP contribution in [0.4, 0.5) is 8.78 Å². The van der Waals surface area contributed by atoms with Crippen molar-refractivity contribution in [2.45, 2.75) is 38.8 Å². The molecule has 0 saturated carbocycles. The highest BCUT2D eigenvalue weighted by atomic mass is 19.3. The molecule has 1 atom stereocenters. The average Bonchev–Trinajstić information content (AvgIpc) is 2.44. The van der Waals surface area contributed by atoms with Gasteiger partial charge in [-0.1, -0.05) is 19.1 Å². The van der Waals surface area contributed by atoms with Gasteiger partial charge in [0.15, 0.2) is 0 Å². The lowest BCUT2D eigenvalue weighted by Gasteiger charge is -2.31. The summed E-state index contributed by atoms with van der Waals surface area (Å²) in [5, 5.41) is 3.26. The predicted molar refractivity (Wildman–Crippen MR) is 75.4 cm³/mol. The van der Waals surface area contributed by atoms with Gasteiger partial charge < -0.3 is 14.8 Å². The lowest BCUT2D eigenvalue weighted by molar-refractivity contribution is -0.142. The van der Waals surface area contributed by atoms with E-state index < -0.39 is 12.2 Å². The average molecular weight is 301 g/mol. The molecule has 1 rings (SSSR count). The van der Waals surface area contributed by atoms with Crippen molar-refractivity contribution in [1.82, 2.24) is 5.32 Å². The number of carbonyl (C=O) groups is 1. The molecule has 0 aliphatic rings. The zero-order valence-corrected chi connectivity index (χ0v) is 12.5. The summed E-state index contributed by atoms with van der Waals surface area (Å²) in [7, 11) is 1.32. The van der Waals surface area contributed by atoms with E-state index in [9.17, 15) is 13.6 Å². The van der Waals surface area contributed by atoms with E-state index in [-0.39, 0.29) is 18.1 Å². The zero-order valence-electron chi connectivity index (χ0n) is 12.5. The number of hydrogen-bond acceptors (Lipinski definition) is 4. The van der Waals surface area contributed by atoms with E-state index in [2.05, 4.69) is 10.1 Å². The van der Waals surface area contributed by atoms with E-state index in [0.717, 1.165) is 6.42 Å². The van der Waals surface area contributed by atoms with Crippen LogP contribution in [0.3, 0.4) is 0 Å². The molecule has 0 heterocycles. The van der Waals surface area contributed by atoms with E-state index in [1.54, 1.807) is 12.1 Å². The van der Waals surface area contributed by atoms with Gasteiger partial charge in [0, 0.05) is 0 Å². The second-order valence-corrected chi connectivity index (χ2v) is 4.92. The Hall–Kier alpha value is -1.69. The Morgan fingerprint density at radius 3 is 2.71 bits per heavy atom. The summed E-state index contributed by atoms with van der Waals surface area (Å²) in [4.78, 5) is 11.6. The van der Waals surface area contributed by atoms with Crippen molar-refractivity contribution in [3.63, 3.8) is 0 Å². The normalized spacial score (nSPS) is 13.8. The van der Waals surface area contributed by atoms with Crippen LogP contribution in [0.5, 0.6) is 5.75 Å². The topological polar surface area (TPSA) is 47.6 Å². The molecule has 0 aliphatic heterocycles. The highest BCUT2D eigenvalue weighted by Crippen LogP contribution is 2.28. The first-order valence-electron chi connectivity index (χ1n) is 6.78. The van der Waals surface area contributed by atoms with Gasteiger partial charge in [-0.05, 0) is 37.6 Å². The zero-order chi connectivity index (χ0) is 15.9. The molecule has 1 aromatic rings. The van der Waals surface area contributed by atoms with E-state index in [0.29, 0.717) is 12.1 Å². The van der Waals surface area contributed by atoms with Crippen molar-refractivity contribution in [3.8, 4) is 5.75 Å². The number of hydrogen-bond donors (Lipinski definition) is 1. The summed E-state index contributed by atoms with van der Waals surface area (Å²) in [6, 6.07) is 6.35. The molecule has 6 heteroatoms. The predicted octanol–water partition coefficient (Wildman–Crippen LogP) is 3.07. The summed E-state index contributed by atoms with van der Waals surface area (Å²) >= 11 is 0. The van der Waals surface area contributed by atoms with Gasteiger partial charge in [0.05, 0.1) is 19.1 Å². The lowest BCUT2D eigenvalue weighted by atomic mass is 9.88. The Kier molecular flexibility index (Phi) is 6.55. The van der Waals surface area contributed by atoms with Gasteiger partial charge in [0.1, 0.15) is 5.75 Å². The van der Waals surface area contributed by atoms with E-state index in [4.69, 9.17) is 4.74 Å². The third-order valence-electron chi connectivity index (χ3n) is 3.19. The minimum absolute atomic E-state index is 0.0666. The molecule has 0 radical (unpaired) electrons. The Bertz CT molecular complexity index is 468. The van der Waals surface area contributed by atoms with Gasteiger partial charge in [-0.15, -0.1) is 0 Å². The number of benzene rings is 1. The Morgan fingerprint density at radius 2 is 2.14 bits per heavy atom. The largest absolute Gasteiger partial charge is 0.469 e. The maximum Gasteiger partial charge on any atom is 0.387 e. The Balaban J connectivity index is 3.03. The fourth-order valence-corrected chi connectivity index (χ4v) is 2.04. The van der Waals surface area contributed by atoms with Crippen LogP contribution in [0.1, 0.15) is 32.3 Å². The van der Waals surface area contributed by atoms with Gasteiger partial charge in [-0.2, -0.15) is 8.78 Å². The first-order chi connectivity index (χ1) is 9.91. The number of rotatable bonds is 8. The van der Waals surface area contributed by atoms with Crippen molar-refractivity contribution in [2.75, 3.05) is 13.7 Å². The summed E-state index contributed by atoms with van der Waals surface area (Å²) in [6.07, 6.45) is 0.978. The van der Waals surface area contributed by atoms with Crippen LogP contribution in [-0.2, 0) is 15.1 Å². The number of nitrogens with one attached hydrogen (secondary N) is 1. The first kappa shape index (κ1) is 17.4. The molecule has 1 unspecified atom stereocenters. The fraction of sp³-hybridized carbons (Fsp3) is 0.533. The summed E-state index contributed by atoms with van der Waals surface area (Å²) in [5.74, 6) is -0.307. The molecule has 0 spiro atoms. The molecule has 1 N–H and O–H groups in total. The monoisotopic (exact) mass is 301 g/mol. The minimum Gasteiger partial charge on any atom is -0.469 e. The van der Waals surface area contributed by atoms with Crippen LogP contribution in [-0.4, -0.2) is 26.2 Å². The maximum absolute atomic E-state index is 12.3. The first-order valence-corrected chi connectivity index (χ1v) is 6.78. The summed E-state index contributed by atoms with van der Waals surface area (Å²) in [5.41, 5.74) is -0.00979. The summed E-state index contributed by atoms with van der Waals surface area (Å²) in [6.45, 7) is 1.65. The highest BCUT2D eigenvalue weighted by Gasteiger charge is 2.30. The van der Waals surface area contributed by atoms with E-state index in [1.165, 1.54) is 19.2 Å². The standard InChI is InChI=1S/C15H21F2NO3/c1-4-8-18-15(2,10-13(19)20-3)11-6-5-7-12(9-11)21-14(16)17/h5-7,9,14,18H,4,8,10H2,1-3H3. The van der Waals surface area contributed by atoms with Crippen LogP contribution >= 0.6 is 0 Å². The molecule has 0 bridgehead atoms. The lowest BCUT2D eigenvalue weighted by Crippen LogP contribution is -2.42. The van der Waals surface area contributed by atoms with Gasteiger partial charge in [0.25, 0.3) is 0 Å². The molecule has 4 nitrogen and oxygen atoms in total. The second-order valence-electron chi connectivity index (χ2n) is 4.92. The molecular formula is C15H21F2NO3. The van der Waals surface area contributed by atoms with Crippen molar-refractivity contribution in [1.29, 1.82) is 0 Å². The van der Waals surface area contributed by atoms with E-state index in [1.807, 2.05) is 13.8 Å². The smallest absolute Gasteiger partial charge is 0.387 e. The fourth-order valence-electron chi connectivity index (χ4n) is 2.04. The molecule has 21 heavy (non-hydrogen) atoms. The minimum atomic E-state index is -2.88. The van der Waals surface area contributed by atoms with Crippen molar-refractivity contribution in [3.05, 3.63) is 29.8 Å². The number of halogens is 2. The van der Waals surface area contributed by atoms with Crippen LogP contribution in [0.2, 0.25) is 0 Å². The summed E-state index contributed by atoms with van der Waals surface area (Å²) < 4.78 is 33.7. The van der Waals surface area contributed by atoms with Gasteiger partial charge in [-0.3, -0.25) is 4.79 Å². The number of methoxy groups -OCH3 is 1. The molecule has 0 saturated heterocycles. The van der Waals surface area contributed by atoms with Gasteiger partial charge in [0.2, 0.25) is 0 Å². The van der Waals surface area contributed by atoms with E-state index >= 15 is 0 Å². The highest BCUT2D eigenvalue weighted by molar-refractivity contribution is 5.71. The van der Waals surface area contributed by atoms with Crippen LogP contribution in [0.25, 0.3) is 0 Å². The molecule has 0 amide bonds. The molecular weight excluding hydrogens is 280 g/mol. The van der Waals surface area contributed by atoms with Gasteiger partial charge >= 0.3 is 12.6 Å². The van der Waals surface area contributed by atoms with Crippen LogP contribution in [0, 0.1) is 0 Å². The molecule has 1 aromatic carbocycles. The van der Waals surface area contributed by atoms with Crippen molar-refractivity contribution < 1.29 is 23.0 Å². The van der Waals surface area contributed by atoms with Crippen LogP contribution in [0.15, 0.2) is 24.3 Å². The van der Waals surface area contributed by atoms with Crippen LogP contribution < -0.4 is 10.1 Å². The second kappa shape index (κ2) is 7.93. The molecule has 118 valence electrons. The molecule has 0 aromatic heterocycles. The molecule has 0 aliphatic carbocycles. The SMILES string of the molecule is CCCNC(C)(CC(=O)OC)c1cccc(OC(F)F)c1. The number of alkyl halides is 2.